The number of hydrogen-bond acceptors (Lipinski definition) is 3. The molecule has 3 nitrogen and oxygen atoms in total. The van der Waals surface area contributed by atoms with Gasteiger partial charge in [0.1, 0.15) is 5.75 Å². The lowest BCUT2D eigenvalue weighted by molar-refractivity contribution is -0.274. The van der Waals surface area contributed by atoms with Gasteiger partial charge in [-0.2, -0.15) is 0 Å². The molecule has 0 radical (unpaired) electrons. The summed E-state index contributed by atoms with van der Waals surface area (Å²) in [7, 11) is 0. The highest BCUT2D eigenvalue weighted by molar-refractivity contribution is 9.10. The molecule has 0 aromatic heterocycles. The van der Waals surface area contributed by atoms with E-state index in [0.29, 0.717) is 0 Å². The van der Waals surface area contributed by atoms with Gasteiger partial charge in [0.2, 0.25) is 0 Å². The lowest BCUT2D eigenvalue weighted by Gasteiger charge is -2.12. The molecule has 0 spiro atoms. The van der Waals surface area contributed by atoms with Gasteiger partial charge in [0.15, 0.2) is 5.78 Å². The number of alkyl halides is 3. The number of benzene rings is 1. The molecule has 1 aromatic rings. The second-order valence-electron chi connectivity index (χ2n) is 2.97. The normalized spacial score (nSPS) is 11.3. The monoisotopic (exact) mass is 297 g/mol. The zero-order valence-corrected chi connectivity index (χ0v) is 9.65. The zero-order chi connectivity index (χ0) is 12.5. The largest absolute Gasteiger partial charge is 0.573 e. The third-order valence-corrected chi connectivity index (χ3v) is 2.33. The van der Waals surface area contributed by atoms with Crippen LogP contribution in [0.25, 0.3) is 0 Å². The van der Waals surface area contributed by atoms with E-state index in [4.69, 9.17) is 5.73 Å². The number of ether oxygens (including phenoxy) is 1. The molecule has 0 bridgehead atoms. The molecule has 0 aliphatic carbocycles. The van der Waals surface area contributed by atoms with Crippen molar-refractivity contribution in [3.05, 3.63) is 22.2 Å². The van der Waals surface area contributed by atoms with Crippen LogP contribution in [0, 0.1) is 0 Å². The van der Waals surface area contributed by atoms with Crippen LogP contribution in [-0.4, -0.2) is 12.1 Å². The van der Waals surface area contributed by atoms with Crippen LogP contribution in [0.3, 0.4) is 0 Å². The van der Waals surface area contributed by atoms with E-state index in [2.05, 4.69) is 20.7 Å². The van der Waals surface area contributed by atoms with Gasteiger partial charge in [0.05, 0.1) is 4.47 Å². The van der Waals surface area contributed by atoms with Crippen molar-refractivity contribution in [3.8, 4) is 5.75 Å². The third kappa shape index (κ3) is 3.13. The summed E-state index contributed by atoms with van der Waals surface area (Å²) in [6.07, 6.45) is -4.81. The van der Waals surface area contributed by atoms with E-state index in [1.54, 1.807) is 0 Å². The Hall–Kier alpha value is -1.24. The van der Waals surface area contributed by atoms with E-state index < -0.39 is 17.9 Å². The van der Waals surface area contributed by atoms with E-state index in [-0.39, 0.29) is 15.7 Å². The van der Waals surface area contributed by atoms with Gasteiger partial charge in [-0.3, -0.25) is 4.79 Å². The van der Waals surface area contributed by atoms with Crippen molar-refractivity contribution in [1.29, 1.82) is 0 Å². The lowest BCUT2D eigenvalue weighted by Crippen LogP contribution is -2.18. The summed E-state index contributed by atoms with van der Waals surface area (Å²) >= 11 is 2.87. The van der Waals surface area contributed by atoms with E-state index in [1.807, 2.05) is 0 Å². The van der Waals surface area contributed by atoms with Crippen LogP contribution in [0.15, 0.2) is 16.6 Å². The molecule has 1 rings (SSSR count). The second kappa shape index (κ2) is 4.32. The fraction of sp³-hybridized carbons (Fsp3) is 0.222. The number of hydrogen-bond donors (Lipinski definition) is 1. The first-order valence-corrected chi connectivity index (χ1v) is 4.85. The average molecular weight is 298 g/mol. The molecule has 7 heteroatoms. The Morgan fingerprint density at radius 1 is 1.44 bits per heavy atom. The van der Waals surface area contributed by atoms with E-state index in [0.717, 1.165) is 6.07 Å². The molecular weight excluding hydrogens is 291 g/mol. The molecule has 0 unspecified atom stereocenters. The summed E-state index contributed by atoms with van der Waals surface area (Å²) in [5.41, 5.74) is 5.55. The van der Waals surface area contributed by atoms with Crippen LogP contribution in [0.5, 0.6) is 5.75 Å². The van der Waals surface area contributed by atoms with Gasteiger partial charge in [0.25, 0.3) is 0 Å². The number of carbonyl (C=O) groups is 1. The first kappa shape index (κ1) is 12.8. The maximum absolute atomic E-state index is 12.0. The molecule has 1 aromatic carbocycles. The maximum atomic E-state index is 12.0. The molecule has 0 saturated heterocycles. The van der Waals surface area contributed by atoms with Crippen LogP contribution >= 0.6 is 15.9 Å². The third-order valence-electron chi connectivity index (χ3n) is 1.71. The number of Topliss-reactive ketones (excluding diaryl/α,β-unsaturated/α-hetero) is 1. The molecule has 0 amide bonds. The minimum absolute atomic E-state index is 0.0116. The Balaban J connectivity index is 3.20. The second-order valence-corrected chi connectivity index (χ2v) is 3.83. The molecule has 0 saturated carbocycles. The summed E-state index contributed by atoms with van der Waals surface area (Å²) < 4.78 is 39.7. The van der Waals surface area contributed by atoms with Gasteiger partial charge in [-0.15, -0.1) is 13.2 Å². The van der Waals surface area contributed by atoms with E-state index in [1.165, 1.54) is 13.0 Å². The Morgan fingerprint density at radius 2 is 2.00 bits per heavy atom. The van der Waals surface area contributed by atoms with E-state index in [9.17, 15) is 18.0 Å². The molecule has 0 aliphatic heterocycles. The van der Waals surface area contributed by atoms with Crippen LogP contribution in [0.2, 0.25) is 0 Å². The highest BCUT2D eigenvalue weighted by Crippen LogP contribution is 2.34. The van der Waals surface area contributed by atoms with E-state index >= 15 is 0 Å². The van der Waals surface area contributed by atoms with Crippen LogP contribution in [0.1, 0.15) is 17.3 Å². The van der Waals surface area contributed by atoms with Crippen molar-refractivity contribution in [1.82, 2.24) is 0 Å². The summed E-state index contributed by atoms with van der Waals surface area (Å²) in [5.74, 6) is -0.927. The SMILES string of the molecule is CC(=O)c1cc(OC(F)(F)F)c(Br)cc1N. The van der Waals surface area contributed by atoms with Crippen LogP contribution < -0.4 is 10.5 Å². The highest BCUT2D eigenvalue weighted by atomic mass is 79.9. The Labute approximate surface area is 97.5 Å². The summed E-state index contributed by atoms with van der Waals surface area (Å²) in [4.78, 5) is 11.1. The molecule has 16 heavy (non-hydrogen) atoms. The van der Waals surface area contributed by atoms with Crippen molar-refractivity contribution < 1.29 is 22.7 Å². The number of nitrogens with two attached hydrogens (primary N) is 1. The number of nitrogen functional groups attached to an aromatic ring is 1. The fourth-order valence-corrected chi connectivity index (χ4v) is 1.52. The Kier molecular flexibility index (Phi) is 3.47. The van der Waals surface area contributed by atoms with Gasteiger partial charge in [0, 0.05) is 11.3 Å². The zero-order valence-electron chi connectivity index (χ0n) is 8.06. The number of rotatable bonds is 2. The number of halogens is 4. The molecule has 0 atom stereocenters. The first-order valence-electron chi connectivity index (χ1n) is 4.06. The minimum Gasteiger partial charge on any atom is -0.405 e. The van der Waals surface area contributed by atoms with Crippen LogP contribution in [-0.2, 0) is 0 Å². The Morgan fingerprint density at radius 3 is 2.44 bits per heavy atom. The summed E-state index contributed by atoms with van der Waals surface area (Å²) in [5, 5.41) is 0. The summed E-state index contributed by atoms with van der Waals surface area (Å²) in [6.45, 7) is 1.21. The fourth-order valence-electron chi connectivity index (χ4n) is 1.08. The van der Waals surface area contributed by atoms with Crippen molar-refractivity contribution in [2.45, 2.75) is 13.3 Å². The van der Waals surface area contributed by atoms with Crippen molar-refractivity contribution in [2.75, 3.05) is 5.73 Å². The van der Waals surface area contributed by atoms with Crippen LogP contribution in [0.4, 0.5) is 18.9 Å². The first-order chi connectivity index (χ1) is 7.20. The lowest BCUT2D eigenvalue weighted by atomic mass is 10.1. The number of anilines is 1. The van der Waals surface area contributed by atoms with Crippen molar-refractivity contribution in [3.63, 3.8) is 0 Å². The van der Waals surface area contributed by atoms with Crippen molar-refractivity contribution in [2.24, 2.45) is 0 Å². The van der Waals surface area contributed by atoms with Gasteiger partial charge in [-0.1, -0.05) is 0 Å². The molecule has 2 N–H and O–H groups in total. The Bertz CT molecular complexity index is 431. The van der Waals surface area contributed by atoms with Gasteiger partial charge < -0.3 is 10.5 Å². The predicted molar refractivity (Wildman–Crippen MR) is 55.2 cm³/mol. The number of carbonyl (C=O) groups excluding carboxylic acids is 1. The quantitative estimate of drug-likeness (QED) is 0.674. The summed E-state index contributed by atoms with van der Waals surface area (Å²) in [6, 6.07) is 2.15. The number of ketones is 1. The smallest absolute Gasteiger partial charge is 0.405 e. The molecule has 0 heterocycles. The predicted octanol–water partition coefficient (Wildman–Crippen LogP) is 3.13. The average Bonchev–Trinajstić information content (AvgIpc) is 2.07. The molecule has 88 valence electrons. The maximum Gasteiger partial charge on any atom is 0.573 e. The van der Waals surface area contributed by atoms with Gasteiger partial charge in [-0.05, 0) is 35.0 Å². The minimum atomic E-state index is -4.81. The molecule has 0 fully saturated rings. The molecule has 0 aliphatic rings. The standard InChI is InChI=1S/C9H7BrF3NO2/c1-4(15)5-2-8(16-9(11,12)13)6(10)3-7(5)14/h2-3H,14H2,1H3. The van der Waals surface area contributed by atoms with Gasteiger partial charge >= 0.3 is 6.36 Å². The molecular formula is C9H7BrF3NO2. The van der Waals surface area contributed by atoms with Gasteiger partial charge in [-0.25, -0.2) is 0 Å². The van der Waals surface area contributed by atoms with Crippen molar-refractivity contribution >= 4 is 27.4 Å². The highest BCUT2D eigenvalue weighted by Gasteiger charge is 2.32. The topological polar surface area (TPSA) is 52.3 Å².